The molecule has 0 spiro atoms. The molecule has 4 nitrogen and oxygen atoms in total. The second-order valence-electron chi connectivity index (χ2n) is 11.1. The van der Waals surface area contributed by atoms with Crippen LogP contribution in [0.15, 0.2) is 36.4 Å². The summed E-state index contributed by atoms with van der Waals surface area (Å²) in [4.78, 5) is 27.2. The van der Waals surface area contributed by atoms with Gasteiger partial charge in [-0.05, 0) is 79.4 Å². The van der Waals surface area contributed by atoms with Crippen LogP contribution in [0.1, 0.15) is 57.9 Å². The molecule has 5 rings (SSSR count). The van der Waals surface area contributed by atoms with E-state index in [1.807, 2.05) is 36.2 Å². The third kappa shape index (κ3) is 3.32. The molecule has 3 fully saturated rings. The maximum Gasteiger partial charge on any atom is 0.246 e. The lowest BCUT2D eigenvalue weighted by Gasteiger charge is -2.60. The summed E-state index contributed by atoms with van der Waals surface area (Å²) >= 11 is 6.28. The molecule has 4 aliphatic rings. The van der Waals surface area contributed by atoms with Crippen LogP contribution in [0.25, 0.3) is 0 Å². The maximum absolute atomic E-state index is 12.9. The molecule has 32 heavy (non-hydrogen) atoms. The highest BCUT2D eigenvalue weighted by molar-refractivity contribution is 6.31. The van der Waals surface area contributed by atoms with Crippen molar-refractivity contribution < 1.29 is 9.59 Å². The average Bonchev–Trinajstić information content (AvgIpc) is 3.09. The number of rotatable bonds is 3. The molecule has 1 N–H and O–H groups in total. The third-order valence-electron chi connectivity index (χ3n) is 9.77. The monoisotopic (exact) mass is 454 g/mol. The van der Waals surface area contributed by atoms with Gasteiger partial charge in [-0.15, -0.1) is 0 Å². The number of carbonyl (C=O) groups is 2. The van der Waals surface area contributed by atoms with Crippen LogP contribution < -0.4 is 5.32 Å². The van der Waals surface area contributed by atoms with Gasteiger partial charge in [0.2, 0.25) is 11.8 Å². The van der Waals surface area contributed by atoms with E-state index in [1.165, 1.54) is 19.3 Å². The van der Waals surface area contributed by atoms with E-state index in [2.05, 4.69) is 25.2 Å². The summed E-state index contributed by atoms with van der Waals surface area (Å²) in [6.45, 7) is 4.80. The van der Waals surface area contributed by atoms with Gasteiger partial charge in [0.25, 0.3) is 0 Å². The standard InChI is InChI=1S/C27H35ClN2O2/c1-26-14-12-20-18(8-11-23-27(20,2)15-13-25(32)30(23)3)19(26)9-10-22(26)29-24(31)16-17-6-4-5-7-21(17)28/h4-7,13,15,18-20,22-23H,8-12,14,16H2,1-3H3,(H,29,31)/t18-,19-,20-,22-,23+,26-,27+/m0/s1. The maximum atomic E-state index is 12.9. The first-order valence-corrected chi connectivity index (χ1v) is 12.6. The molecule has 2 amide bonds. The van der Waals surface area contributed by atoms with E-state index in [0.717, 1.165) is 24.8 Å². The smallest absolute Gasteiger partial charge is 0.246 e. The molecule has 3 aliphatic carbocycles. The Labute approximate surface area is 196 Å². The molecule has 5 heteroatoms. The van der Waals surface area contributed by atoms with Crippen molar-refractivity contribution >= 4 is 23.4 Å². The summed E-state index contributed by atoms with van der Waals surface area (Å²) in [5.74, 6) is 2.16. The highest BCUT2D eigenvalue weighted by Crippen LogP contribution is 2.63. The molecule has 0 aromatic heterocycles. The van der Waals surface area contributed by atoms with E-state index in [1.54, 1.807) is 6.08 Å². The van der Waals surface area contributed by atoms with Crippen LogP contribution in [0.3, 0.4) is 0 Å². The molecular weight excluding hydrogens is 420 g/mol. The Morgan fingerprint density at radius 2 is 1.91 bits per heavy atom. The van der Waals surface area contributed by atoms with Gasteiger partial charge in [-0.25, -0.2) is 0 Å². The predicted octanol–water partition coefficient (Wildman–Crippen LogP) is 5.01. The second kappa shape index (κ2) is 7.90. The number of carbonyl (C=O) groups excluding carboxylic acids is 2. The van der Waals surface area contributed by atoms with E-state index in [9.17, 15) is 9.59 Å². The van der Waals surface area contributed by atoms with Gasteiger partial charge in [0.05, 0.1) is 6.42 Å². The lowest BCUT2D eigenvalue weighted by Crippen LogP contribution is -2.60. The Balaban J connectivity index is 1.32. The van der Waals surface area contributed by atoms with Gasteiger partial charge in [0.15, 0.2) is 0 Å². The van der Waals surface area contributed by atoms with Crippen molar-refractivity contribution in [2.75, 3.05) is 7.05 Å². The van der Waals surface area contributed by atoms with Crippen molar-refractivity contribution in [2.24, 2.45) is 28.6 Å². The Hall–Kier alpha value is -1.81. The number of hydrogen-bond donors (Lipinski definition) is 1. The normalized spacial score (nSPS) is 40.4. The lowest BCUT2D eigenvalue weighted by molar-refractivity contribution is -0.138. The first-order chi connectivity index (χ1) is 15.2. The van der Waals surface area contributed by atoms with Crippen molar-refractivity contribution in [2.45, 2.75) is 70.9 Å². The van der Waals surface area contributed by atoms with Crippen molar-refractivity contribution in [1.29, 1.82) is 0 Å². The first-order valence-electron chi connectivity index (χ1n) is 12.2. The van der Waals surface area contributed by atoms with Gasteiger partial charge in [-0.3, -0.25) is 9.59 Å². The van der Waals surface area contributed by atoms with Gasteiger partial charge >= 0.3 is 0 Å². The van der Waals surface area contributed by atoms with E-state index in [-0.39, 0.29) is 28.7 Å². The van der Waals surface area contributed by atoms with Crippen molar-refractivity contribution in [3.63, 3.8) is 0 Å². The Bertz CT molecular complexity index is 961. The molecular formula is C27H35ClN2O2. The zero-order chi connectivity index (χ0) is 22.7. The number of nitrogens with zero attached hydrogens (tertiary/aromatic N) is 1. The Kier molecular flexibility index (Phi) is 5.43. The topological polar surface area (TPSA) is 49.4 Å². The summed E-state index contributed by atoms with van der Waals surface area (Å²) in [7, 11) is 1.97. The molecule has 0 radical (unpaired) electrons. The summed E-state index contributed by atoms with van der Waals surface area (Å²) in [5, 5.41) is 4.06. The van der Waals surface area contributed by atoms with Gasteiger partial charge in [0.1, 0.15) is 0 Å². The molecule has 1 aromatic carbocycles. The molecule has 1 aromatic rings. The minimum Gasteiger partial charge on any atom is -0.353 e. The summed E-state index contributed by atoms with van der Waals surface area (Å²) < 4.78 is 0. The van der Waals surface area contributed by atoms with E-state index in [4.69, 9.17) is 11.6 Å². The lowest BCUT2D eigenvalue weighted by atomic mass is 9.48. The molecule has 7 atom stereocenters. The highest BCUT2D eigenvalue weighted by Gasteiger charge is 2.60. The number of halogens is 1. The highest BCUT2D eigenvalue weighted by atomic mass is 35.5. The van der Waals surface area contributed by atoms with E-state index >= 15 is 0 Å². The average molecular weight is 455 g/mol. The second-order valence-corrected chi connectivity index (χ2v) is 11.5. The van der Waals surface area contributed by atoms with Crippen LogP contribution in [-0.2, 0) is 16.0 Å². The number of amides is 2. The zero-order valence-corrected chi connectivity index (χ0v) is 20.2. The molecule has 172 valence electrons. The van der Waals surface area contributed by atoms with Gasteiger partial charge < -0.3 is 10.2 Å². The molecule has 3 saturated carbocycles. The van der Waals surface area contributed by atoms with Crippen LogP contribution in [0.4, 0.5) is 0 Å². The fourth-order valence-electron chi connectivity index (χ4n) is 8.04. The minimum atomic E-state index is 0.0678. The fourth-order valence-corrected chi connectivity index (χ4v) is 8.24. The number of likely N-dealkylation sites (N-methyl/N-ethyl adjacent to an activating group) is 1. The van der Waals surface area contributed by atoms with Crippen LogP contribution in [0.5, 0.6) is 0 Å². The van der Waals surface area contributed by atoms with Crippen molar-refractivity contribution in [3.05, 3.63) is 47.0 Å². The van der Waals surface area contributed by atoms with Crippen molar-refractivity contribution in [1.82, 2.24) is 10.2 Å². The van der Waals surface area contributed by atoms with Crippen LogP contribution >= 0.6 is 11.6 Å². The van der Waals surface area contributed by atoms with Crippen LogP contribution in [0.2, 0.25) is 5.02 Å². The summed E-state index contributed by atoms with van der Waals surface area (Å²) in [6, 6.07) is 8.17. The molecule has 1 aliphatic heterocycles. The fraction of sp³-hybridized carbons (Fsp3) is 0.630. The number of nitrogens with one attached hydrogen (secondary N) is 1. The molecule has 1 heterocycles. The van der Waals surface area contributed by atoms with Crippen LogP contribution in [-0.4, -0.2) is 35.8 Å². The van der Waals surface area contributed by atoms with Crippen molar-refractivity contribution in [3.8, 4) is 0 Å². The minimum absolute atomic E-state index is 0.0678. The SMILES string of the molecule is CN1C(=O)C=C[C@]2(C)[C@H]3CC[C@]4(C)[C@@H](NC(=O)Cc5ccccc5Cl)CC[C@H]4[C@@H]3CC[C@@H]12. The van der Waals surface area contributed by atoms with Crippen LogP contribution in [0, 0.1) is 28.6 Å². The van der Waals surface area contributed by atoms with Gasteiger partial charge in [0, 0.05) is 29.6 Å². The summed E-state index contributed by atoms with van der Waals surface area (Å²) in [5.41, 5.74) is 1.11. The predicted molar refractivity (Wildman–Crippen MR) is 127 cm³/mol. The van der Waals surface area contributed by atoms with E-state index in [0.29, 0.717) is 35.2 Å². The number of fused-ring (bicyclic) bond motifs is 5. The quantitative estimate of drug-likeness (QED) is 0.698. The van der Waals surface area contributed by atoms with Gasteiger partial charge in [-0.2, -0.15) is 0 Å². The Morgan fingerprint density at radius 3 is 2.69 bits per heavy atom. The summed E-state index contributed by atoms with van der Waals surface area (Å²) in [6.07, 6.45) is 11.2. The molecule has 0 unspecified atom stereocenters. The third-order valence-corrected chi connectivity index (χ3v) is 10.1. The largest absolute Gasteiger partial charge is 0.353 e. The Morgan fingerprint density at radius 1 is 1.12 bits per heavy atom. The first kappa shape index (κ1) is 22.0. The zero-order valence-electron chi connectivity index (χ0n) is 19.4. The van der Waals surface area contributed by atoms with Gasteiger partial charge in [-0.1, -0.05) is 49.7 Å². The van der Waals surface area contributed by atoms with E-state index < -0.39 is 0 Å². The number of benzene rings is 1. The molecule has 0 saturated heterocycles. The molecule has 0 bridgehead atoms. The number of hydrogen-bond acceptors (Lipinski definition) is 2.